The van der Waals surface area contributed by atoms with E-state index in [0.29, 0.717) is 16.8 Å². The van der Waals surface area contributed by atoms with Crippen LogP contribution in [0.25, 0.3) is 12.2 Å². The van der Waals surface area contributed by atoms with E-state index in [0.717, 1.165) is 0 Å². The van der Waals surface area contributed by atoms with Crippen LogP contribution in [-0.2, 0) is 4.79 Å². The van der Waals surface area contributed by atoms with E-state index in [1.165, 1.54) is 66.8 Å². The third-order valence-corrected chi connectivity index (χ3v) is 5.48. The minimum absolute atomic E-state index is 0.119. The monoisotopic (exact) mass is 508 g/mol. The molecule has 2 N–H and O–H groups in total. The van der Waals surface area contributed by atoms with Crippen molar-refractivity contribution in [2.24, 2.45) is 0 Å². The molecule has 0 bridgehead atoms. The molecule has 0 fully saturated rings. The fraction of sp³-hybridized carbons (Fsp3) is 0. The highest BCUT2D eigenvalue weighted by atomic mass is 19.1. The molecule has 0 heterocycles. The molecule has 188 valence electrons. The molecule has 0 saturated carbocycles. The predicted octanol–water partition coefficient (Wildman–Crippen LogP) is 6.27. The van der Waals surface area contributed by atoms with E-state index in [9.17, 15) is 23.2 Å². The highest BCUT2D eigenvalue weighted by Crippen LogP contribution is 2.16. The molecular formula is C31H22F2N2O3. The van der Waals surface area contributed by atoms with Crippen molar-refractivity contribution in [2.75, 3.05) is 5.32 Å². The number of hydrogen-bond acceptors (Lipinski definition) is 3. The maximum atomic E-state index is 14.3. The molecular weight excluding hydrogens is 486 g/mol. The van der Waals surface area contributed by atoms with E-state index in [1.54, 1.807) is 54.6 Å². The van der Waals surface area contributed by atoms with Crippen LogP contribution in [0, 0.1) is 11.6 Å². The van der Waals surface area contributed by atoms with Crippen LogP contribution >= 0.6 is 0 Å². The molecule has 4 aromatic rings. The average Bonchev–Trinajstić information content (AvgIpc) is 2.94. The SMILES string of the molecule is O=C(Nc1ccc(C(=O)/C=C/c2ccccc2F)cc1)/C(=C/c1ccccc1F)NC(=O)c1ccccc1. The third kappa shape index (κ3) is 6.73. The van der Waals surface area contributed by atoms with Gasteiger partial charge in [-0.05, 0) is 66.8 Å². The van der Waals surface area contributed by atoms with E-state index >= 15 is 0 Å². The molecule has 4 aromatic carbocycles. The third-order valence-electron chi connectivity index (χ3n) is 5.48. The van der Waals surface area contributed by atoms with Crippen LogP contribution in [0.3, 0.4) is 0 Å². The van der Waals surface area contributed by atoms with Gasteiger partial charge in [-0.15, -0.1) is 0 Å². The van der Waals surface area contributed by atoms with Crippen molar-refractivity contribution in [3.63, 3.8) is 0 Å². The summed E-state index contributed by atoms with van der Waals surface area (Å²) in [4.78, 5) is 38.2. The number of allylic oxidation sites excluding steroid dienone is 1. The van der Waals surface area contributed by atoms with Crippen molar-refractivity contribution in [2.45, 2.75) is 0 Å². The van der Waals surface area contributed by atoms with Crippen LogP contribution in [0.5, 0.6) is 0 Å². The first-order chi connectivity index (χ1) is 18.4. The summed E-state index contributed by atoms with van der Waals surface area (Å²) in [6, 6.07) is 26.3. The van der Waals surface area contributed by atoms with Gasteiger partial charge in [0, 0.05) is 27.9 Å². The molecule has 0 unspecified atom stereocenters. The van der Waals surface area contributed by atoms with Crippen LogP contribution in [0.4, 0.5) is 14.5 Å². The standard InChI is InChI=1S/C31H22F2N2O3/c32-26-12-6-4-8-21(26)16-19-29(36)22-14-17-25(18-15-22)34-31(38)28(20-24-11-5-7-13-27(24)33)35-30(37)23-9-2-1-3-10-23/h1-20H,(H,34,38)(H,35,37)/b19-16+,28-20-. The highest BCUT2D eigenvalue weighted by molar-refractivity contribution is 6.11. The van der Waals surface area contributed by atoms with E-state index in [-0.39, 0.29) is 22.6 Å². The van der Waals surface area contributed by atoms with Crippen molar-refractivity contribution >= 4 is 35.4 Å². The Kier molecular flexibility index (Phi) is 8.31. The zero-order valence-corrected chi connectivity index (χ0v) is 20.0. The van der Waals surface area contributed by atoms with Gasteiger partial charge in [-0.1, -0.05) is 54.6 Å². The fourth-order valence-corrected chi connectivity index (χ4v) is 3.48. The van der Waals surface area contributed by atoms with Gasteiger partial charge in [0.05, 0.1) is 0 Å². The molecule has 38 heavy (non-hydrogen) atoms. The number of nitrogens with one attached hydrogen (secondary N) is 2. The van der Waals surface area contributed by atoms with Gasteiger partial charge in [0.1, 0.15) is 17.3 Å². The van der Waals surface area contributed by atoms with Gasteiger partial charge in [0.2, 0.25) is 0 Å². The summed E-state index contributed by atoms with van der Waals surface area (Å²) in [5.41, 5.74) is 1.24. The number of amides is 2. The zero-order chi connectivity index (χ0) is 26.9. The fourth-order valence-electron chi connectivity index (χ4n) is 3.48. The lowest BCUT2D eigenvalue weighted by atomic mass is 10.1. The van der Waals surface area contributed by atoms with Crippen molar-refractivity contribution in [3.8, 4) is 0 Å². The van der Waals surface area contributed by atoms with Crippen LogP contribution in [0.15, 0.2) is 115 Å². The molecule has 0 spiro atoms. The Morgan fingerprint density at radius 3 is 1.84 bits per heavy atom. The number of carbonyl (C=O) groups is 3. The lowest BCUT2D eigenvalue weighted by Gasteiger charge is -2.12. The first kappa shape index (κ1) is 25.9. The second kappa shape index (κ2) is 12.2. The Balaban J connectivity index is 1.51. The van der Waals surface area contributed by atoms with Crippen molar-refractivity contribution < 1.29 is 23.2 Å². The van der Waals surface area contributed by atoms with E-state index in [2.05, 4.69) is 10.6 Å². The molecule has 0 radical (unpaired) electrons. The predicted molar refractivity (Wildman–Crippen MR) is 143 cm³/mol. The van der Waals surface area contributed by atoms with E-state index < -0.39 is 23.4 Å². The topological polar surface area (TPSA) is 75.3 Å². The first-order valence-corrected chi connectivity index (χ1v) is 11.6. The van der Waals surface area contributed by atoms with Crippen molar-refractivity contribution in [3.05, 3.63) is 149 Å². The molecule has 0 aliphatic rings. The Hall–Kier alpha value is -5.17. The Labute approximate surface area is 218 Å². The number of rotatable bonds is 8. The number of hydrogen-bond donors (Lipinski definition) is 2. The number of carbonyl (C=O) groups excluding carboxylic acids is 3. The Morgan fingerprint density at radius 1 is 0.632 bits per heavy atom. The maximum Gasteiger partial charge on any atom is 0.272 e. The van der Waals surface area contributed by atoms with Gasteiger partial charge in [-0.25, -0.2) is 8.78 Å². The molecule has 2 amide bonds. The molecule has 0 aliphatic heterocycles. The molecule has 0 saturated heterocycles. The molecule has 0 aromatic heterocycles. The molecule has 4 rings (SSSR count). The lowest BCUT2D eigenvalue weighted by Crippen LogP contribution is -2.30. The van der Waals surface area contributed by atoms with E-state index in [1.807, 2.05) is 0 Å². The van der Waals surface area contributed by atoms with Gasteiger partial charge < -0.3 is 10.6 Å². The Bertz CT molecular complexity index is 1530. The first-order valence-electron chi connectivity index (χ1n) is 11.6. The summed E-state index contributed by atoms with van der Waals surface area (Å²) in [6.07, 6.45) is 3.90. The number of ketones is 1. The molecule has 7 heteroatoms. The summed E-state index contributed by atoms with van der Waals surface area (Å²) >= 11 is 0. The molecule has 0 aliphatic carbocycles. The summed E-state index contributed by atoms with van der Waals surface area (Å²) in [6.45, 7) is 0. The van der Waals surface area contributed by atoms with Gasteiger partial charge in [-0.3, -0.25) is 14.4 Å². The van der Waals surface area contributed by atoms with Crippen LogP contribution in [-0.4, -0.2) is 17.6 Å². The minimum atomic E-state index is -0.684. The normalized spacial score (nSPS) is 11.3. The van der Waals surface area contributed by atoms with Crippen molar-refractivity contribution in [1.29, 1.82) is 0 Å². The number of benzene rings is 4. The highest BCUT2D eigenvalue weighted by Gasteiger charge is 2.16. The van der Waals surface area contributed by atoms with Crippen molar-refractivity contribution in [1.82, 2.24) is 5.32 Å². The summed E-state index contributed by atoms with van der Waals surface area (Å²) in [5, 5.41) is 5.19. The smallest absolute Gasteiger partial charge is 0.272 e. The zero-order valence-electron chi connectivity index (χ0n) is 20.0. The Morgan fingerprint density at radius 2 is 1.21 bits per heavy atom. The molecule has 0 atom stereocenters. The van der Waals surface area contributed by atoms with Gasteiger partial charge in [0.15, 0.2) is 5.78 Å². The second-order valence-corrected chi connectivity index (χ2v) is 8.15. The maximum absolute atomic E-state index is 14.3. The van der Waals surface area contributed by atoms with E-state index in [4.69, 9.17) is 0 Å². The summed E-state index contributed by atoms with van der Waals surface area (Å²) < 4.78 is 28.0. The lowest BCUT2D eigenvalue weighted by molar-refractivity contribution is -0.113. The van der Waals surface area contributed by atoms with Crippen LogP contribution < -0.4 is 10.6 Å². The second-order valence-electron chi connectivity index (χ2n) is 8.15. The van der Waals surface area contributed by atoms with Gasteiger partial charge in [0.25, 0.3) is 11.8 Å². The quantitative estimate of drug-likeness (QED) is 0.218. The van der Waals surface area contributed by atoms with Gasteiger partial charge in [-0.2, -0.15) is 0 Å². The number of halogens is 2. The minimum Gasteiger partial charge on any atom is -0.321 e. The van der Waals surface area contributed by atoms with Gasteiger partial charge >= 0.3 is 0 Å². The van der Waals surface area contributed by atoms with Crippen LogP contribution in [0.1, 0.15) is 31.8 Å². The summed E-state index contributed by atoms with van der Waals surface area (Å²) in [7, 11) is 0. The molecule has 5 nitrogen and oxygen atoms in total. The average molecular weight is 509 g/mol. The largest absolute Gasteiger partial charge is 0.321 e. The summed E-state index contributed by atoms with van der Waals surface area (Å²) in [5.74, 6) is -2.56. The van der Waals surface area contributed by atoms with Crippen LogP contribution in [0.2, 0.25) is 0 Å². The number of anilines is 1.